The zero-order valence-electron chi connectivity index (χ0n) is 1.69. The summed E-state index contributed by atoms with van der Waals surface area (Å²) in [6.45, 7) is 0. The number of hydrogen-bond donors (Lipinski definition) is 0. The van der Waals surface area contributed by atoms with Gasteiger partial charge in [0.05, 0.1) is 0 Å². The van der Waals surface area contributed by atoms with Crippen LogP contribution in [0.2, 0.25) is 0 Å². The van der Waals surface area contributed by atoms with Crippen molar-refractivity contribution < 1.29 is 29.2 Å². The standard InChI is InChI=1S/HO2P.Tc/c1-3-2;/h3H;/q;+5. The Morgan fingerprint density at radius 2 is 1.25 bits per heavy atom. The van der Waals surface area contributed by atoms with E-state index in [0.717, 1.165) is 0 Å². The van der Waals surface area contributed by atoms with Crippen LogP contribution in [0.15, 0.2) is 0 Å². The Labute approximate surface area is 38.2 Å². The Balaban J connectivity index is 0. The van der Waals surface area contributed by atoms with E-state index >= 15 is 0 Å². The Morgan fingerprint density at radius 3 is 1.25 bits per heavy atom. The minimum atomic E-state index is -1.42. The summed E-state index contributed by atoms with van der Waals surface area (Å²) in [5, 5.41) is 0. The van der Waals surface area contributed by atoms with Gasteiger partial charge < -0.3 is 0 Å². The van der Waals surface area contributed by atoms with Gasteiger partial charge in [0.15, 0.2) is 0 Å². The SMILES string of the molecule is O=[PH]=O.[Tc+5]. The quantitative estimate of drug-likeness (QED) is 0.481. The van der Waals surface area contributed by atoms with E-state index in [0.29, 0.717) is 0 Å². The summed E-state index contributed by atoms with van der Waals surface area (Å²) in [6, 6.07) is 0. The maximum absolute atomic E-state index is 8.40. The van der Waals surface area contributed by atoms with Crippen LogP contribution in [-0.2, 0) is 29.2 Å². The largest absolute Gasteiger partial charge is 5.00 e. The second kappa shape index (κ2) is 9.61. The zero-order chi connectivity index (χ0) is 2.71. The molecule has 0 aliphatic carbocycles. The third kappa shape index (κ3) is 20.3. The van der Waals surface area contributed by atoms with Crippen molar-refractivity contribution >= 4 is 8.34 Å². The third-order valence-corrected chi connectivity index (χ3v) is 0. The van der Waals surface area contributed by atoms with Gasteiger partial charge in [0.25, 0.3) is 0 Å². The van der Waals surface area contributed by atoms with Crippen molar-refractivity contribution in [2.45, 2.75) is 0 Å². The average Bonchev–Trinajstić information content (AvgIpc) is 0.918. The van der Waals surface area contributed by atoms with Crippen LogP contribution < -0.4 is 0 Å². The van der Waals surface area contributed by atoms with E-state index in [2.05, 4.69) is 0 Å². The van der Waals surface area contributed by atoms with E-state index in [4.69, 9.17) is 9.13 Å². The molecule has 0 atom stereocenters. The van der Waals surface area contributed by atoms with Crippen LogP contribution in [0.4, 0.5) is 0 Å². The molecule has 0 heterocycles. The summed E-state index contributed by atoms with van der Waals surface area (Å²) in [5.41, 5.74) is 0. The van der Waals surface area contributed by atoms with Crippen molar-refractivity contribution in [3.63, 3.8) is 0 Å². The van der Waals surface area contributed by atoms with E-state index in [1.807, 2.05) is 0 Å². The van der Waals surface area contributed by atoms with Gasteiger partial charge in [-0.1, -0.05) is 0 Å². The molecule has 0 aromatic carbocycles. The molecule has 0 saturated carbocycles. The first-order valence-electron chi connectivity index (χ1n) is 0.408. The maximum atomic E-state index is 8.40. The van der Waals surface area contributed by atoms with Crippen LogP contribution in [-0.4, -0.2) is 0 Å². The molecular formula is HO2PTc+5. The summed E-state index contributed by atoms with van der Waals surface area (Å²) < 4.78 is 16.8. The van der Waals surface area contributed by atoms with Crippen LogP contribution in [0.5, 0.6) is 0 Å². The molecule has 0 unspecified atom stereocenters. The molecule has 0 aromatic heterocycles. The second-order valence-corrected chi connectivity index (χ2v) is 0.250. The molecule has 0 saturated heterocycles. The Hall–Kier alpha value is 0.549. The van der Waals surface area contributed by atoms with Gasteiger partial charge in [-0.2, -0.15) is 0 Å². The molecular weight excluding hydrogens is 161 g/mol. The molecule has 2 nitrogen and oxygen atoms in total. The van der Waals surface area contributed by atoms with Gasteiger partial charge in [-0.05, 0) is 0 Å². The minimum Gasteiger partial charge on any atom is -0.241 e. The van der Waals surface area contributed by atoms with Gasteiger partial charge in [0, 0.05) is 0 Å². The fourth-order valence-corrected chi connectivity index (χ4v) is 0. The molecule has 0 N–H and O–H groups in total. The van der Waals surface area contributed by atoms with Crippen LogP contribution in [0.25, 0.3) is 0 Å². The first kappa shape index (κ1) is 8.82. The zero-order valence-corrected chi connectivity index (χ0v) is 4.55. The van der Waals surface area contributed by atoms with E-state index in [1.54, 1.807) is 0 Å². The van der Waals surface area contributed by atoms with Gasteiger partial charge in [0.2, 0.25) is 0 Å². The van der Waals surface area contributed by atoms with Gasteiger partial charge in [-0.25, -0.2) is 9.13 Å². The summed E-state index contributed by atoms with van der Waals surface area (Å²) in [4.78, 5) is 0. The van der Waals surface area contributed by atoms with Crippen LogP contribution in [0.1, 0.15) is 0 Å². The van der Waals surface area contributed by atoms with Crippen molar-refractivity contribution in [3.8, 4) is 0 Å². The molecule has 0 fully saturated rings. The Kier molecular flexibility index (Phi) is 21.2. The van der Waals surface area contributed by atoms with Crippen molar-refractivity contribution in [2.75, 3.05) is 0 Å². The normalized spacial score (nSPS) is 3.00. The van der Waals surface area contributed by atoms with E-state index in [9.17, 15) is 0 Å². The smallest absolute Gasteiger partial charge is 0.241 e. The van der Waals surface area contributed by atoms with E-state index in [-0.39, 0.29) is 20.1 Å². The third-order valence-electron chi connectivity index (χ3n) is 0. The first-order valence-corrected chi connectivity index (χ1v) is 1.22. The Morgan fingerprint density at radius 1 is 1.25 bits per heavy atom. The summed E-state index contributed by atoms with van der Waals surface area (Å²) in [6.07, 6.45) is 0. The van der Waals surface area contributed by atoms with Gasteiger partial charge in [-0.15, -0.1) is 0 Å². The second-order valence-electron chi connectivity index (χ2n) is 0.0833. The molecule has 0 aromatic rings. The van der Waals surface area contributed by atoms with Crippen LogP contribution in [0.3, 0.4) is 0 Å². The number of rotatable bonds is 0. The fraction of sp³-hybridized carbons (Fsp3) is 0. The van der Waals surface area contributed by atoms with Crippen LogP contribution in [0, 0.1) is 0 Å². The van der Waals surface area contributed by atoms with Crippen molar-refractivity contribution in [3.05, 3.63) is 0 Å². The summed E-state index contributed by atoms with van der Waals surface area (Å²) >= 11 is 0. The molecule has 0 aliphatic heterocycles. The van der Waals surface area contributed by atoms with Gasteiger partial charge in [0.1, 0.15) is 0 Å². The average molecular weight is 162 g/mol. The van der Waals surface area contributed by atoms with Crippen molar-refractivity contribution in [2.24, 2.45) is 0 Å². The Bertz CT molecular complexity index is 27.0. The molecule has 0 spiro atoms. The maximum Gasteiger partial charge on any atom is 5.00 e. The molecule has 0 aliphatic rings. The fourth-order valence-electron chi connectivity index (χ4n) is 0. The summed E-state index contributed by atoms with van der Waals surface area (Å²) in [7, 11) is -1.42. The molecule has 4 heteroatoms. The van der Waals surface area contributed by atoms with Crippen molar-refractivity contribution in [1.29, 1.82) is 0 Å². The predicted molar refractivity (Wildman–Crippen MR) is 9.69 cm³/mol. The molecule has 0 radical (unpaired) electrons. The molecule has 0 rings (SSSR count). The van der Waals surface area contributed by atoms with Gasteiger partial charge in [-0.3, -0.25) is 0 Å². The number of hydrogen-bond acceptors (Lipinski definition) is 2. The molecule has 0 amide bonds. The minimum absolute atomic E-state index is 0. The van der Waals surface area contributed by atoms with Crippen molar-refractivity contribution in [1.82, 2.24) is 0 Å². The molecule has 20 valence electrons. The monoisotopic (exact) mass is 161 g/mol. The predicted octanol–water partition coefficient (Wildman–Crippen LogP) is 0.353. The first-order chi connectivity index (χ1) is 1.41. The topological polar surface area (TPSA) is 34.1 Å². The molecule has 4 heavy (non-hydrogen) atoms. The van der Waals surface area contributed by atoms with Crippen LogP contribution >= 0.6 is 8.34 Å². The molecule has 0 bridgehead atoms. The van der Waals surface area contributed by atoms with E-state index in [1.165, 1.54) is 0 Å². The van der Waals surface area contributed by atoms with Gasteiger partial charge >= 0.3 is 28.4 Å². The van der Waals surface area contributed by atoms with E-state index < -0.39 is 8.34 Å². The summed E-state index contributed by atoms with van der Waals surface area (Å²) in [5.74, 6) is 0.